The molecule has 1 aromatic heterocycles. The van der Waals surface area contributed by atoms with Gasteiger partial charge in [-0.05, 0) is 37.4 Å². The standard InChI is InChI=1S/C15H18N2OS/c1-3-16-14-7-6-11(2)9-13(14)15(18)17-10-12-5-4-8-19-12/h4-9,16H,3,10H2,1-2H3,(H,17,18). The SMILES string of the molecule is CCNc1ccc(C)cc1C(=O)NCc1cccs1. The van der Waals surface area contributed by atoms with E-state index in [2.05, 4.69) is 10.6 Å². The van der Waals surface area contributed by atoms with E-state index < -0.39 is 0 Å². The number of amides is 1. The van der Waals surface area contributed by atoms with Crippen LogP contribution in [0.3, 0.4) is 0 Å². The van der Waals surface area contributed by atoms with Crippen molar-refractivity contribution in [3.63, 3.8) is 0 Å². The van der Waals surface area contributed by atoms with Crippen LogP contribution in [0.1, 0.15) is 27.7 Å². The highest BCUT2D eigenvalue weighted by atomic mass is 32.1. The molecule has 0 radical (unpaired) electrons. The molecule has 1 amide bonds. The highest BCUT2D eigenvalue weighted by molar-refractivity contribution is 7.09. The van der Waals surface area contributed by atoms with Gasteiger partial charge in [0.2, 0.25) is 0 Å². The molecule has 0 aliphatic heterocycles. The van der Waals surface area contributed by atoms with Gasteiger partial charge in [0.25, 0.3) is 5.91 Å². The number of hydrogen-bond donors (Lipinski definition) is 2. The molecular formula is C15H18N2OS. The topological polar surface area (TPSA) is 41.1 Å². The van der Waals surface area contributed by atoms with Gasteiger partial charge in [0.15, 0.2) is 0 Å². The van der Waals surface area contributed by atoms with Gasteiger partial charge in [-0.1, -0.05) is 17.7 Å². The average Bonchev–Trinajstić information content (AvgIpc) is 2.91. The summed E-state index contributed by atoms with van der Waals surface area (Å²) in [5, 5.41) is 8.19. The third-order valence-electron chi connectivity index (χ3n) is 2.79. The minimum absolute atomic E-state index is 0.0342. The number of carbonyl (C=O) groups is 1. The summed E-state index contributed by atoms with van der Waals surface area (Å²) in [6.45, 7) is 5.39. The summed E-state index contributed by atoms with van der Waals surface area (Å²) in [6.07, 6.45) is 0. The van der Waals surface area contributed by atoms with Gasteiger partial charge in [0.05, 0.1) is 12.1 Å². The molecule has 0 bridgehead atoms. The van der Waals surface area contributed by atoms with E-state index in [1.54, 1.807) is 11.3 Å². The number of aryl methyl sites for hydroxylation is 1. The lowest BCUT2D eigenvalue weighted by Crippen LogP contribution is -2.23. The summed E-state index contributed by atoms with van der Waals surface area (Å²) in [7, 11) is 0. The molecule has 0 saturated carbocycles. The summed E-state index contributed by atoms with van der Waals surface area (Å²) < 4.78 is 0. The van der Waals surface area contributed by atoms with Crippen LogP contribution < -0.4 is 10.6 Å². The van der Waals surface area contributed by atoms with Crippen molar-refractivity contribution in [2.75, 3.05) is 11.9 Å². The van der Waals surface area contributed by atoms with Crippen molar-refractivity contribution in [2.45, 2.75) is 20.4 Å². The molecule has 0 fully saturated rings. The van der Waals surface area contributed by atoms with E-state index in [0.29, 0.717) is 12.1 Å². The Labute approximate surface area is 117 Å². The van der Waals surface area contributed by atoms with Crippen molar-refractivity contribution >= 4 is 22.9 Å². The zero-order chi connectivity index (χ0) is 13.7. The summed E-state index contributed by atoms with van der Waals surface area (Å²) >= 11 is 1.65. The Morgan fingerprint density at radius 2 is 2.16 bits per heavy atom. The van der Waals surface area contributed by atoms with E-state index in [-0.39, 0.29) is 5.91 Å². The zero-order valence-corrected chi connectivity index (χ0v) is 12.0. The van der Waals surface area contributed by atoms with E-state index in [1.165, 1.54) is 0 Å². The highest BCUT2D eigenvalue weighted by Crippen LogP contribution is 2.17. The van der Waals surface area contributed by atoms with Crippen LogP contribution in [0.15, 0.2) is 35.7 Å². The molecule has 19 heavy (non-hydrogen) atoms. The normalized spacial score (nSPS) is 10.2. The maximum Gasteiger partial charge on any atom is 0.253 e. The van der Waals surface area contributed by atoms with Crippen LogP contribution in [0.5, 0.6) is 0 Å². The van der Waals surface area contributed by atoms with E-state index in [9.17, 15) is 4.79 Å². The van der Waals surface area contributed by atoms with Crippen molar-refractivity contribution in [3.05, 3.63) is 51.7 Å². The van der Waals surface area contributed by atoms with Crippen molar-refractivity contribution in [1.82, 2.24) is 5.32 Å². The van der Waals surface area contributed by atoms with Gasteiger partial charge in [-0.15, -0.1) is 11.3 Å². The van der Waals surface area contributed by atoms with E-state index in [1.807, 2.05) is 49.6 Å². The Hall–Kier alpha value is -1.81. The molecule has 1 aromatic carbocycles. The highest BCUT2D eigenvalue weighted by Gasteiger charge is 2.11. The summed E-state index contributed by atoms with van der Waals surface area (Å²) in [4.78, 5) is 13.4. The van der Waals surface area contributed by atoms with Gasteiger partial charge in [-0.2, -0.15) is 0 Å². The lowest BCUT2D eigenvalue weighted by Gasteiger charge is -2.11. The van der Waals surface area contributed by atoms with Crippen molar-refractivity contribution in [2.24, 2.45) is 0 Å². The quantitative estimate of drug-likeness (QED) is 0.877. The molecule has 2 aromatic rings. The fourth-order valence-corrected chi connectivity index (χ4v) is 2.51. The van der Waals surface area contributed by atoms with Crippen molar-refractivity contribution in [3.8, 4) is 0 Å². The first-order chi connectivity index (χ1) is 9.20. The van der Waals surface area contributed by atoms with Crippen LogP contribution >= 0.6 is 11.3 Å². The maximum absolute atomic E-state index is 12.2. The smallest absolute Gasteiger partial charge is 0.253 e. The number of anilines is 1. The first kappa shape index (κ1) is 13.6. The Morgan fingerprint density at radius 3 is 2.84 bits per heavy atom. The van der Waals surface area contributed by atoms with Gasteiger partial charge < -0.3 is 10.6 Å². The molecule has 2 rings (SSSR count). The van der Waals surface area contributed by atoms with Gasteiger partial charge in [-0.25, -0.2) is 0 Å². The van der Waals surface area contributed by atoms with E-state index >= 15 is 0 Å². The Balaban J connectivity index is 2.11. The van der Waals surface area contributed by atoms with Crippen molar-refractivity contribution < 1.29 is 4.79 Å². The monoisotopic (exact) mass is 274 g/mol. The Morgan fingerprint density at radius 1 is 1.32 bits per heavy atom. The van der Waals surface area contributed by atoms with Gasteiger partial charge in [0.1, 0.15) is 0 Å². The van der Waals surface area contributed by atoms with Crippen LogP contribution in [-0.2, 0) is 6.54 Å². The second kappa shape index (κ2) is 6.38. The van der Waals surface area contributed by atoms with Crippen LogP contribution in [0.4, 0.5) is 5.69 Å². The first-order valence-corrected chi connectivity index (χ1v) is 7.23. The first-order valence-electron chi connectivity index (χ1n) is 6.36. The fraction of sp³-hybridized carbons (Fsp3) is 0.267. The lowest BCUT2D eigenvalue weighted by atomic mass is 10.1. The lowest BCUT2D eigenvalue weighted by molar-refractivity contribution is 0.0952. The third-order valence-corrected chi connectivity index (χ3v) is 3.67. The molecule has 0 atom stereocenters. The Bertz CT molecular complexity index is 549. The predicted molar refractivity (Wildman–Crippen MR) is 80.8 cm³/mol. The van der Waals surface area contributed by atoms with Crippen LogP contribution in [0.25, 0.3) is 0 Å². The van der Waals surface area contributed by atoms with Crippen LogP contribution in [0, 0.1) is 6.92 Å². The molecule has 0 aliphatic rings. The second-order valence-corrected chi connectivity index (χ2v) is 5.37. The molecule has 0 aliphatic carbocycles. The third kappa shape index (κ3) is 3.58. The predicted octanol–water partition coefficient (Wildman–Crippen LogP) is 3.42. The molecule has 100 valence electrons. The summed E-state index contributed by atoms with van der Waals surface area (Å²) in [5.41, 5.74) is 2.68. The van der Waals surface area contributed by atoms with Gasteiger partial charge in [0, 0.05) is 17.1 Å². The van der Waals surface area contributed by atoms with E-state index in [0.717, 1.165) is 22.7 Å². The number of benzene rings is 1. The number of nitrogens with one attached hydrogen (secondary N) is 2. The fourth-order valence-electron chi connectivity index (χ4n) is 1.87. The Kier molecular flexibility index (Phi) is 4.58. The van der Waals surface area contributed by atoms with Gasteiger partial charge in [-0.3, -0.25) is 4.79 Å². The molecule has 0 saturated heterocycles. The number of hydrogen-bond acceptors (Lipinski definition) is 3. The van der Waals surface area contributed by atoms with Crippen LogP contribution in [-0.4, -0.2) is 12.5 Å². The maximum atomic E-state index is 12.2. The molecule has 0 unspecified atom stereocenters. The number of thiophene rings is 1. The molecular weight excluding hydrogens is 256 g/mol. The molecule has 1 heterocycles. The summed E-state index contributed by atoms with van der Waals surface area (Å²) in [5.74, 6) is -0.0342. The minimum atomic E-state index is -0.0342. The zero-order valence-electron chi connectivity index (χ0n) is 11.2. The molecule has 4 heteroatoms. The largest absolute Gasteiger partial charge is 0.385 e. The van der Waals surface area contributed by atoms with Crippen molar-refractivity contribution in [1.29, 1.82) is 0 Å². The van der Waals surface area contributed by atoms with E-state index in [4.69, 9.17) is 0 Å². The molecule has 2 N–H and O–H groups in total. The second-order valence-electron chi connectivity index (χ2n) is 4.34. The van der Waals surface area contributed by atoms with Gasteiger partial charge >= 0.3 is 0 Å². The number of carbonyl (C=O) groups excluding carboxylic acids is 1. The average molecular weight is 274 g/mol. The number of rotatable bonds is 5. The minimum Gasteiger partial charge on any atom is -0.385 e. The molecule has 3 nitrogen and oxygen atoms in total. The summed E-state index contributed by atoms with van der Waals surface area (Å²) in [6, 6.07) is 9.89. The molecule has 0 spiro atoms. The van der Waals surface area contributed by atoms with Crippen LogP contribution in [0.2, 0.25) is 0 Å².